The fourth-order valence-electron chi connectivity index (χ4n) is 1.27. The van der Waals surface area contributed by atoms with Gasteiger partial charge in [0.15, 0.2) is 0 Å². The van der Waals surface area contributed by atoms with E-state index < -0.39 is 36.6 Å². The molecule has 10 heteroatoms. The Labute approximate surface area is 127 Å². The third-order valence-electron chi connectivity index (χ3n) is 1.93. The van der Waals surface area contributed by atoms with Crippen molar-refractivity contribution < 1.29 is 38.1 Å². The molecule has 0 aromatic heterocycles. The molecule has 2 N–H and O–H groups in total. The number of alkyl carbamates (subject to hydrolysis) is 2. The lowest BCUT2D eigenvalue weighted by molar-refractivity contribution is -0.169. The minimum atomic E-state index is -1.48. The van der Waals surface area contributed by atoms with Crippen LogP contribution in [-0.4, -0.2) is 49.8 Å². The van der Waals surface area contributed by atoms with E-state index in [0.717, 1.165) is 13.8 Å². The molecule has 0 fully saturated rings. The Hall–Kier alpha value is -2.52. The average molecular weight is 320 g/mol. The molecule has 126 valence electrons. The van der Waals surface area contributed by atoms with Crippen LogP contribution in [0.2, 0.25) is 0 Å². The second-order valence-electron chi connectivity index (χ2n) is 3.79. The second-order valence-corrected chi connectivity index (χ2v) is 3.79. The van der Waals surface area contributed by atoms with Gasteiger partial charge >= 0.3 is 24.1 Å². The first-order chi connectivity index (χ1) is 10.3. The van der Waals surface area contributed by atoms with E-state index in [-0.39, 0.29) is 13.2 Å². The molecule has 0 saturated carbocycles. The summed E-state index contributed by atoms with van der Waals surface area (Å²) in [5, 5.41) is 4.30. The van der Waals surface area contributed by atoms with E-state index in [0.29, 0.717) is 0 Å². The van der Waals surface area contributed by atoms with Crippen molar-refractivity contribution in [3.05, 3.63) is 0 Å². The number of hydrogen-bond acceptors (Lipinski definition) is 8. The molecule has 2 unspecified atom stereocenters. The standard InChI is InChI=1S/C12H20N2O8/c1-5-19-11(17)13-9(21-7(3)15)10(22-8(4)16)14-12(18)20-6-2/h9-10H,5-6H2,1-4H3,(H,13,17)(H,14,18). The molecule has 0 aliphatic carbocycles. The maximum atomic E-state index is 11.4. The molecule has 0 radical (unpaired) electrons. The summed E-state index contributed by atoms with van der Waals surface area (Å²) < 4.78 is 18.9. The van der Waals surface area contributed by atoms with Gasteiger partial charge in [0.25, 0.3) is 0 Å². The topological polar surface area (TPSA) is 129 Å². The SMILES string of the molecule is CCOC(=O)NC(OC(C)=O)C(NC(=O)OCC)OC(C)=O. The molecule has 0 saturated heterocycles. The van der Waals surface area contributed by atoms with Crippen molar-refractivity contribution in [2.24, 2.45) is 0 Å². The van der Waals surface area contributed by atoms with Gasteiger partial charge in [-0.2, -0.15) is 0 Å². The largest absolute Gasteiger partial charge is 0.450 e. The predicted octanol–water partition coefficient (Wildman–Crippen LogP) is 0.257. The smallest absolute Gasteiger partial charge is 0.410 e. The molecule has 22 heavy (non-hydrogen) atoms. The van der Waals surface area contributed by atoms with E-state index in [1.165, 1.54) is 0 Å². The summed E-state index contributed by atoms with van der Waals surface area (Å²) in [6.45, 7) is 5.44. The highest BCUT2D eigenvalue weighted by Crippen LogP contribution is 2.02. The minimum Gasteiger partial charge on any atom is -0.450 e. The second kappa shape index (κ2) is 10.2. The fraction of sp³-hybridized carbons (Fsp3) is 0.667. The predicted molar refractivity (Wildman–Crippen MR) is 71.4 cm³/mol. The molecule has 2 amide bonds. The van der Waals surface area contributed by atoms with Crippen LogP contribution in [0.3, 0.4) is 0 Å². The van der Waals surface area contributed by atoms with Crippen molar-refractivity contribution in [2.45, 2.75) is 40.2 Å². The Morgan fingerprint density at radius 1 is 0.773 bits per heavy atom. The summed E-state index contributed by atoms with van der Waals surface area (Å²) in [6, 6.07) is 0. The van der Waals surface area contributed by atoms with Crippen molar-refractivity contribution in [1.82, 2.24) is 10.6 Å². The first-order valence-electron chi connectivity index (χ1n) is 6.51. The molecule has 0 aliphatic heterocycles. The Bertz CT molecular complexity index is 374. The Morgan fingerprint density at radius 3 is 1.32 bits per heavy atom. The number of hydrogen-bond donors (Lipinski definition) is 2. The van der Waals surface area contributed by atoms with E-state index in [1.807, 2.05) is 0 Å². The number of ether oxygens (including phenoxy) is 4. The van der Waals surface area contributed by atoms with Crippen molar-refractivity contribution in [3.8, 4) is 0 Å². The highest BCUT2D eigenvalue weighted by atomic mass is 16.6. The zero-order valence-corrected chi connectivity index (χ0v) is 12.8. The van der Waals surface area contributed by atoms with E-state index >= 15 is 0 Å². The van der Waals surface area contributed by atoms with Crippen molar-refractivity contribution in [3.63, 3.8) is 0 Å². The number of carbonyl (C=O) groups is 4. The Kier molecular flexibility index (Phi) is 9.07. The Morgan fingerprint density at radius 2 is 1.09 bits per heavy atom. The lowest BCUT2D eigenvalue weighted by Gasteiger charge is -2.26. The van der Waals surface area contributed by atoms with Gasteiger partial charge in [-0.1, -0.05) is 0 Å². The van der Waals surface area contributed by atoms with Gasteiger partial charge in [-0.15, -0.1) is 0 Å². The summed E-state index contributed by atoms with van der Waals surface area (Å²) in [4.78, 5) is 45.0. The van der Waals surface area contributed by atoms with Gasteiger partial charge in [0.05, 0.1) is 13.2 Å². The van der Waals surface area contributed by atoms with Crippen LogP contribution < -0.4 is 10.6 Å². The maximum absolute atomic E-state index is 11.4. The average Bonchev–Trinajstić information content (AvgIpc) is 2.36. The molecule has 0 bridgehead atoms. The molecule has 0 aromatic rings. The molecule has 0 rings (SSSR count). The lowest BCUT2D eigenvalue weighted by atomic mass is 10.4. The van der Waals surface area contributed by atoms with E-state index in [9.17, 15) is 19.2 Å². The van der Waals surface area contributed by atoms with Gasteiger partial charge in [0.2, 0.25) is 12.5 Å². The van der Waals surface area contributed by atoms with Crippen LogP contribution in [0.25, 0.3) is 0 Å². The van der Waals surface area contributed by atoms with Crippen molar-refractivity contribution in [1.29, 1.82) is 0 Å². The first-order valence-corrected chi connectivity index (χ1v) is 6.51. The van der Waals surface area contributed by atoms with Gasteiger partial charge < -0.3 is 18.9 Å². The number of carbonyl (C=O) groups excluding carboxylic acids is 4. The molecule has 0 heterocycles. The zero-order valence-electron chi connectivity index (χ0n) is 12.8. The number of nitrogens with one attached hydrogen (secondary N) is 2. The van der Waals surface area contributed by atoms with Gasteiger partial charge in [0, 0.05) is 13.8 Å². The molecule has 0 aliphatic rings. The molecule has 2 atom stereocenters. The summed E-state index contributed by atoms with van der Waals surface area (Å²) in [5.74, 6) is -1.55. The van der Waals surface area contributed by atoms with E-state index in [2.05, 4.69) is 20.1 Å². The zero-order chi connectivity index (χ0) is 17.1. The van der Waals surface area contributed by atoms with Crippen LogP contribution in [0.15, 0.2) is 0 Å². The molecular weight excluding hydrogens is 300 g/mol. The van der Waals surface area contributed by atoms with Gasteiger partial charge in [-0.3, -0.25) is 20.2 Å². The van der Waals surface area contributed by atoms with E-state index in [1.54, 1.807) is 13.8 Å². The summed E-state index contributed by atoms with van der Waals surface area (Å²) in [7, 11) is 0. The van der Waals surface area contributed by atoms with Crippen molar-refractivity contribution >= 4 is 24.1 Å². The highest BCUT2D eigenvalue weighted by Gasteiger charge is 2.31. The summed E-state index contributed by atoms with van der Waals surface area (Å²) >= 11 is 0. The number of rotatable bonds is 7. The van der Waals surface area contributed by atoms with Crippen LogP contribution in [0, 0.1) is 0 Å². The molecular formula is C12H20N2O8. The van der Waals surface area contributed by atoms with Gasteiger partial charge in [0.1, 0.15) is 0 Å². The molecule has 10 nitrogen and oxygen atoms in total. The minimum absolute atomic E-state index is 0.0716. The summed E-state index contributed by atoms with van der Waals surface area (Å²) in [6.07, 6.45) is -4.80. The summed E-state index contributed by atoms with van der Waals surface area (Å²) in [5.41, 5.74) is 0. The van der Waals surface area contributed by atoms with Gasteiger partial charge in [-0.25, -0.2) is 9.59 Å². The number of esters is 2. The van der Waals surface area contributed by atoms with Crippen LogP contribution >= 0.6 is 0 Å². The Balaban J connectivity index is 5.05. The molecule has 0 aromatic carbocycles. The third-order valence-corrected chi connectivity index (χ3v) is 1.93. The van der Waals surface area contributed by atoms with Crippen molar-refractivity contribution in [2.75, 3.05) is 13.2 Å². The van der Waals surface area contributed by atoms with Crippen LogP contribution in [0.4, 0.5) is 9.59 Å². The lowest BCUT2D eigenvalue weighted by Crippen LogP contribution is -2.55. The normalized spacial score (nSPS) is 12.4. The number of amides is 2. The quantitative estimate of drug-likeness (QED) is 0.388. The fourth-order valence-corrected chi connectivity index (χ4v) is 1.27. The molecule has 0 spiro atoms. The maximum Gasteiger partial charge on any atom is 0.410 e. The first kappa shape index (κ1) is 19.5. The van der Waals surface area contributed by atoms with E-state index in [4.69, 9.17) is 9.47 Å². The van der Waals surface area contributed by atoms with Gasteiger partial charge in [-0.05, 0) is 13.8 Å². The van der Waals surface area contributed by atoms with Crippen LogP contribution in [0.5, 0.6) is 0 Å². The highest BCUT2D eigenvalue weighted by molar-refractivity contribution is 5.72. The van der Waals surface area contributed by atoms with Crippen LogP contribution in [-0.2, 0) is 28.5 Å². The third kappa shape index (κ3) is 8.61. The van der Waals surface area contributed by atoms with Crippen LogP contribution in [0.1, 0.15) is 27.7 Å². The monoisotopic (exact) mass is 320 g/mol.